The molecule has 0 aliphatic rings. The molecule has 0 saturated heterocycles. The lowest BCUT2D eigenvalue weighted by molar-refractivity contribution is -0.143. The third kappa shape index (κ3) is 5.09. The van der Waals surface area contributed by atoms with Crippen molar-refractivity contribution in [2.24, 2.45) is 5.92 Å². The van der Waals surface area contributed by atoms with Gasteiger partial charge in [0.15, 0.2) is 0 Å². The number of H-pyrrole nitrogens is 1. The summed E-state index contributed by atoms with van der Waals surface area (Å²) in [5.74, 6) is -0.285. The first kappa shape index (κ1) is 22.0. The van der Waals surface area contributed by atoms with Crippen LogP contribution in [0.2, 0.25) is 0 Å². The fourth-order valence-electron chi connectivity index (χ4n) is 3.38. The Bertz CT molecular complexity index is 1170. The van der Waals surface area contributed by atoms with Gasteiger partial charge in [-0.2, -0.15) is 5.10 Å². The van der Waals surface area contributed by atoms with Gasteiger partial charge in [0.05, 0.1) is 18.2 Å². The number of aromatic nitrogens is 2. The molecule has 8 heteroatoms. The molecule has 3 rings (SSSR count). The highest BCUT2D eigenvalue weighted by atomic mass is 16.5. The van der Waals surface area contributed by atoms with E-state index in [9.17, 15) is 14.4 Å². The van der Waals surface area contributed by atoms with Crippen molar-refractivity contribution in [2.75, 3.05) is 12.4 Å². The first-order valence-electron chi connectivity index (χ1n) is 10.0. The van der Waals surface area contributed by atoms with E-state index in [1.54, 1.807) is 18.2 Å². The Morgan fingerprint density at radius 2 is 1.84 bits per heavy atom. The second-order valence-electron chi connectivity index (χ2n) is 7.78. The van der Waals surface area contributed by atoms with E-state index in [1.807, 2.05) is 45.0 Å². The quantitative estimate of drug-likeness (QED) is 0.525. The van der Waals surface area contributed by atoms with Gasteiger partial charge in [-0.1, -0.05) is 44.2 Å². The molecule has 0 aliphatic heterocycles. The van der Waals surface area contributed by atoms with Gasteiger partial charge in [-0.3, -0.25) is 4.79 Å². The molecule has 1 atom stereocenters. The van der Waals surface area contributed by atoms with E-state index in [2.05, 4.69) is 20.8 Å². The van der Waals surface area contributed by atoms with Gasteiger partial charge < -0.3 is 15.4 Å². The molecule has 0 unspecified atom stereocenters. The topological polar surface area (TPSA) is 113 Å². The minimum absolute atomic E-state index is 0.203. The number of fused-ring (bicyclic) bond motifs is 1. The molecule has 2 amide bonds. The lowest BCUT2D eigenvalue weighted by atomic mass is 10.0. The number of carbonyl (C=O) groups is 2. The predicted molar refractivity (Wildman–Crippen MR) is 120 cm³/mol. The Kier molecular flexibility index (Phi) is 6.69. The predicted octanol–water partition coefficient (Wildman–Crippen LogP) is 3.61. The summed E-state index contributed by atoms with van der Waals surface area (Å²) in [6.45, 7) is 5.79. The number of amides is 2. The van der Waals surface area contributed by atoms with Crippen molar-refractivity contribution in [3.05, 3.63) is 58.4 Å². The molecule has 162 valence electrons. The van der Waals surface area contributed by atoms with Crippen molar-refractivity contribution >= 4 is 28.5 Å². The zero-order valence-electron chi connectivity index (χ0n) is 18.0. The fraction of sp³-hybridized carbons (Fsp3) is 0.304. The highest BCUT2D eigenvalue weighted by Crippen LogP contribution is 2.28. The zero-order chi connectivity index (χ0) is 22.5. The number of nitrogens with one attached hydrogen (secondary N) is 3. The summed E-state index contributed by atoms with van der Waals surface area (Å²) in [7, 11) is 1.30. The summed E-state index contributed by atoms with van der Waals surface area (Å²) < 4.78 is 4.80. The molecule has 8 nitrogen and oxygen atoms in total. The first-order chi connectivity index (χ1) is 14.8. The van der Waals surface area contributed by atoms with E-state index < -0.39 is 18.0 Å². The van der Waals surface area contributed by atoms with Crippen LogP contribution in [0.5, 0.6) is 0 Å². The van der Waals surface area contributed by atoms with E-state index in [4.69, 9.17) is 4.74 Å². The Balaban J connectivity index is 1.89. The number of esters is 1. The number of methoxy groups -OCH3 is 1. The Morgan fingerprint density at radius 3 is 2.52 bits per heavy atom. The van der Waals surface area contributed by atoms with E-state index in [1.165, 1.54) is 7.11 Å². The number of aryl methyl sites for hydroxylation is 1. The maximum absolute atomic E-state index is 12.6. The second-order valence-corrected chi connectivity index (χ2v) is 7.78. The van der Waals surface area contributed by atoms with Gasteiger partial charge in [0, 0.05) is 16.6 Å². The second kappa shape index (κ2) is 9.42. The molecule has 0 aliphatic carbocycles. The van der Waals surface area contributed by atoms with Crippen LogP contribution >= 0.6 is 0 Å². The number of urea groups is 1. The van der Waals surface area contributed by atoms with Crippen molar-refractivity contribution in [2.45, 2.75) is 33.2 Å². The lowest BCUT2D eigenvalue weighted by Crippen LogP contribution is -2.44. The maximum Gasteiger partial charge on any atom is 0.328 e. The van der Waals surface area contributed by atoms with Crippen LogP contribution in [0.1, 0.15) is 25.8 Å². The van der Waals surface area contributed by atoms with Gasteiger partial charge in [-0.15, -0.1) is 0 Å². The van der Waals surface area contributed by atoms with Gasteiger partial charge in [0.25, 0.3) is 5.56 Å². The van der Waals surface area contributed by atoms with Crippen LogP contribution in [0.3, 0.4) is 0 Å². The smallest absolute Gasteiger partial charge is 0.328 e. The van der Waals surface area contributed by atoms with Gasteiger partial charge in [-0.05, 0) is 37.0 Å². The number of anilines is 1. The molecule has 1 heterocycles. The molecule has 3 aromatic rings. The number of rotatable bonds is 6. The van der Waals surface area contributed by atoms with Gasteiger partial charge in [0.1, 0.15) is 6.04 Å². The molecule has 0 radical (unpaired) electrons. The summed E-state index contributed by atoms with van der Waals surface area (Å²) in [6, 6.07) is 11.5. The molecule has 0 saturated carbocycles. The number of hydrogen-bond donors (Lipinski definition) is 3. The number of ether oxygens (including phenoxy) is 1. The maximum atomic E-state index is 12.6. The third-order valence-electron chi connectivity index (χ3n) is 4.95. The van der Waals surface area contributed by atoms with Crippen molar-refractivity contribution in [3.63, 3.8) is 0 Å². The Labute approximate surface area is 180 Å². The first-order valence-corrected chi connectivity index (χ1v) is 10.0. The summed E-state index contributed by atoms with van der Waals surface area (Å²) in [6.07, 6.45) is 0.465. The number of aromatic amines is 1. The van der Waals surface area contributed by atoms with Crippen molar-refractivity contribution in [3.8, 4) is 11.3 Å². The molecule has 0 bridgehead atoms. The van der Waals surface area contributed by atoms with Gasteiger partial charge in [-0.25, -0.2) is 14.7 Å². The summed E-state index contributed by atoms with van der Waals surface area (Å²) in [5.41, 5.74) is 2.49. The van der Waals surface area contributed by atoms with E-state index in [0.29, 0.717) is 28.6 Å². The average Bonchev–Trinajstić information content (AvgIpc) is 2.74. The van der Waals surface area contributed by atoms with E-state index >= 15 is 0 Å². The highest BCUT2D eigenvalue weighted by molar-refractivity contribution is 5.96. The van der Waals surface area contributed by atoms with Crippen molar-refractivity contribution in [1.82, 2.24) is 15.5 Å². The Hall–Kier alpha value is -3.68. The summed E-state index contributed by atoms with van der Waals surface area (Å²) >= 11 is 0. The van der Waals surface area contributed by atoms with Crippen LogP contribution in [0.25, 0.3) is 22.0 Å². The minimum atomic E-state index is -0.738. The molecule has 31 heavy (non-hydrogen) atoms. The van der Waals surface area contributed by atoms with Gasteiger partial charge >= 0.3 is 12.0 Å². The molecular formula is C23H26N4O4. The van der Waals surface area contributed by atoms with Crippen LogP contribution in [0.4, 0.5) is 10.5 Å². The largest absolute Gasteiger partial charge is 0.467 e. The monoisotopic (exact) mass is 422 g/mol. The van der Waals surface area contributed by atoms with Crippen LogP contribution in [-0.4, -0.2) is 35.3 Å². The molecule has 0 fully saturated rings. The van der Waals surface area contributed by atoms with Gasteiger partial charge in [0.2, 0.25) is 0 Å². The summed E-state index contributed by atoms with van der Waals surface area (Å²) in [5, 5.41) is 13.5. The minimum Gasteiger partial charge on any atom is -0.467 e. The van der Waals surface area contributed by atoms with Crippen molar-refractivity contribution in [1.29, 1.82) is 0 Å². The van der Waals surface area contributed by atoms with Crippen LogP contribution in [0.15, 0.2) is 47.3 Å². The molecule has 2 aromatic carbocycles. The van der Waals surface area contributed by atoms with Crippen LogP contribution < -0.4 is 16.2 Å². The van der Waals surface area contributed by atoms with Crippen LogP contribution in [0, 0.1) is 12.8 Å². The summed E-state index contributed by atoms with van der Waals surface area (Å²) in [4.78, 5) is 36.6. The molecule has 3 N–H and O–H groups in total. The lowest BCUT2D eigenvalue weighted by Gasteiger charge is -2.19. The number of benzene rings is 2. The number of nitrogens with zero attached hydrogens (tertiary/aromatic N) is 1. The standard InChI is InChI=1S/C23H26N4O4/c1-13(2)11-19(22(29)31-4)25-23(30)24-18-12-15(10-9-14(18)3)20-16-7-5-6-8-17(16)21(28)27-26-20/h5-10,12-13,19H,11H2,1-4H3,(H,27,28)(H2,24,25,30)/t19-/m0/s1. The van der Waals surface area contributed by atoms with Crippen LogP contribution in [-0.2, 0) is 9.53 Å². The molecule has 1 aromatic heterocycles. The molecule has 0 spiro atoms. The zero-order valence-corrected chi connectivity index (χ0v) is 18.0. The van der Waals surface area contributed by atoms with E-state index in [0.717, 1.165) is 11.1 Å². The SMILES string of the molecule is COC(=O)[C@H](CC(C)C)NC(=O)Nc1cc(-c2n[nH]c(=O)c3ccccc23)ccc1C. The fourth-order valence-corrected chi connectivity index (χ4v) is 3.38. The normalized spacial score (nSPS) is 11.9. The Morgan fingerprint density at radius 1 is 1.13 bits per heavy atom. The average molecular weight is 422 g/mol. The number of carbonyl (C=O) groups excluding carboxylic acids is 2. The van der Waals surface area contributed by atoms with E-state index in [-0.39, 0.29) is 11.5 Å². The number of hydrogen-bond acceptors (Lipinski definition) is 5. The highest BCUT2D eigenvalue weighted by Gasteiger charge is 2.23. The molecular weight excluding hydrogens is 396 g/mol. The third-order valence-corrected chi connectivity index (χ3v) is 4.95. The van der Waals surface area contributed by atoms with Crippen molar-refractivity contribution < 1.29 is 14.3 Å².